The van der Waals surface area contributed by atoms with Gasteiger partial charge in [-0.05, 0) is 4.86 Å². The summed E-state index contributed by atoms with van der Waals surface area (Å²) >= 11 is 0. The summed E-state index contributed by atoms with van der Waals surface area (Å²) in [7, 11) is 1.26. The third-order valence-corrected chi connectivity index (χ3v) is 1.31. The summed E-state index contributed by atoms with van der Waals surface area (Å²) in [6.07, 6.45) is 0. The molecule has 0 aliphatic heterocycles. The molecule has 0 atom stereocenters. The van der Waals surface area contributed by atoms with Crippen molar-refractivity contribution in [3.8, 4) is 0 Å². The second-order valence-corrected chi connectivity index (χ2v) is 2.68. The van der Waals surface area contributed by atoms with Crippen molar-refractivity contribution in [3.05, 3.63) is 15.3 Å². The quantitative estimate of drug-likeness (QED) is 0.222. The van der Waals surface area contributed by atoms with Crippen LogP contribution in [-0.4, -0.2) is 28.5 Å². The first-order valence-corrected chi connectivity index (χ1v) is 3.37. The summed E-state index contributed by atoms with van der Waals surface area (Å²) in [5.74, 6) is 0. The summed E-state index contributed by atoms with van der Waals surface area (Å²) in [6.45, 7) is 2.10. The summed E-state index contributed by atoms with van der Waals surface area (Å²) in [5, 5.41) is 26.1. The van der Waals surface area contributed by atoms with Crippen molar-refractivity contribution in [2.75, 3.05) is 7.05 Å². The highest BCUT2D eigenvalue weighted by atomic mass is 16.7. The van der Waals surface area contributed by atoms with E-state index in [0.29, 0.717) is 0 Å². The third-order valence-electron chi connectivity index (χ3n) is 1.31. The molecule has 0 aromatic carbocycles. The Morgan fingerprint density at radius 1 is 1.46 bits per heavy atom. The molecule has 0 bridgehead atoms. The molecule has 0 saturated heterocycles. The van der Waals surface area contributed by atoms with Crippen LogP contribution in [0.3, 0.4) is 0 Å². The maximum atomic E-state index is 10.9. The summed E-state index contributed by atoms with van der Waals surface area (Å²) in [4.78, 5) is 19.8. The van der Waals surface area contributed by atoms with Crippen LogP contribution in [-0.2, 0) is 0 Å². The highest BCUT2D eigenvalue weighted by Crippen LogP contribution is 2.08. The van der Waals surface area contributed by atoms with Crippen molar-refractivity contribution in [1.82, 2.24) is 5.32 Å². The second-order valence-electron chi connectivity index (χ2n) is 2.68. The minimum absolute atomic E-state index is 0.244. The number of nitrogens with zero attached hydrogens (tertiary/aromatic N) is 3. The number of carbonyl (C=O) groups excluding carboxylic acids is 1. The van der Waals surface area contributed by atoms with Crippen LogP contribution in [0.4, 0.5) is 4.79 Å². The molecule has 0 aliphatic carbocycles. The zero-order valence-electron chi connectivity index (χ0n) is 7.47. The SMILES string of the molecule is CNC(=O)N=[N+]([O-])C(C)(C)[N+](=O)[O-]. The van der Waals surface area contributed by atoms with Gasteiger partial charge in [0.05, 0.1) is 23.9 Å². The predicted octanol–water partition coefficient (Wildman–Crippen LogP) is 0.301. The molecule has 74 valence electrons. The molecule has 0 spiro atoms. The van der Waals surface area contributed by atoms with E-state index in [0.717, 1.165) is 13.8 Å². The fraction of sp³-hybridized carbons (Fsp3) is 0.800. The van der Waals surface area contributed by atoms with E-state index in [-0.39, 0.29) is 4.86 Å². The van der Waals surface area contributed by atoms with E-state index < -0.39 is 16.6 Å². The largest absolute Gasteiger partial charge is 0.594 e. The molecule has 0 aliphatic rings. The molecule has 0 fully saturated rings. The van der Waals surface area contributed by atoms with Crippen molar-refractivity contribution < 1.29 is 14.6 Å². The first kappa shape index (κ1) is 11.3. The molecule has 0 radical (unpaired) electrons. The molecule has 0 aromatic rings. The lowest BCUT2D eigenvalue weighted by Crippen LogP contribution is -2.41. The van der Waals surface area contributed by atoms with Gasteiger partial charge >= 0.3 is 11.7 Å². The maximum absolute atomic E-state index is 10.9. The van der Waals surface area contributed by atoms with E-state index in [9.17, 15) is 20.1 Å². The Morgan fingerprint density at radius 3 is 2.23 bits per heavy atom. The van der Waals surface area contributed by atoms with E-state index in [1.165, 1.54) is 7.05 Å². The van der Waals surface area contributed by atoms with Gasteiger partial charge in [0.15, 0.2) is 0 Å². The summed E-state index contributed by atoms with van der Waals surface area (Å²) in [5.41, 5.74) is -1.94. The number of hydrogen-bond acceptors (Lipinski definition) is 4. The number of carbonyl (C=O) groups is 1. The fourth-order valence-electron chi connectivity index (χ4n) is 0.325. The normalized spacial score (nSPS) is 12.4. The Bertz CT molecular complexity index is 259. The third kappa shape index (κ3) is 2.65. The van der Waals surface area contributed by atoms with Crippen molar-refractivity contribution in [3.63, 3.8) is 0 Å². The smallest absolute Gasteiger partial charge is 0.433 e. The van der Waals surface area contributed by atoms with Gasteiger partial charge in [-0.3, -0.25) is 10.1 Å². The lowest BCUT2D eigenvalue weighted by molar-refractivity contribution is -0.804. The number of azo groups is 1. The van der Waals surface area contributed by atoms with Gasteiger partial charge in [0, 0.05) is 7.05 Å². The van der Waals surface area contributed by atoms with Crippen LogP contribution in [0, 0.1) is 15.3 Å². The molecule has 0 aromatic heterocycles. The minimum Gasteiger partial charge on any atom is -0.594 e. The Kier molecular flexibility index (Phi) is 3.28. The molecule has 1 N–H and O–H groups in total. The molecule has 0 unspecified atom stereocenters. The molecule has 0 rings (SSSR count). The molecule has 8 heteroatoms. The molecule has 0 saturated carbocycles. The van der Waals surface area contributed by atoms with Crippen molar-refractivity contribution >= 4 is 6.03 Å². The number of nitrogens with one attached hydrogen (secondary N) is 1. The molecular weight excluding hydrogens is 180 g/mol. The van der Waals surface area contributed by atoms with Crippen LogP contribution < -0.4 is 5.32 Å². The van der Waals surface area contributed by atoms with Crippen molar-refractivity contribution in [2.24, 2.45) is 5.11 Å². The van der Waals surface area contributed by atoms with E-state index in [1.807, 2.05) is 5.32 Å². The van der Waals surface area contributed by atoms with Gasteiger partial charge in [0.2, 0.25) is 0 Å². The fourth-order valence-corrected chi connectivity index (χ4v) is 0.325. The zero-order chi connectivity index (χ0) is 10.6. The molecule has 2 amide bonds. The summed E-state index contributed by atoms with van der Waals surface area (Å²) in [6, 6.07) is -0.926. The van der Waals surface area contributed by atoms with Gasteiger partial charge in [-0.2, -0.15) is 0 Å². The monoisotopic (exact) mass is 190 g/mol. The number of hydroxylamine groups is 1. The van der Waals surface area contributed by atoms with Gasteiger partial charge in [-0.25, -0.2) is 4.79 Å². The van der Waals surface area contributed by atoms with Crippen LogP contribution >= 0.6 is 0 Å². The predicted molar refractivity (Wildman–Crippen MR) is 41.6 cm³/mol. The van der Waals surface area contributed by atoms with Gasteiger partial charge < -0.3 is 10.5 Å². The Balaban J connectivity index is 4.77. The van der Waals surface area contributed by atoms with Crippen molar-refractivity contribution in [2.45, 2.75) is 19.5 Å². The van der Waals surface area contributed by atoms with Crippen LogP contribution in [0.25, 0.3) is 0 Å². The lowest BCUT2D eigenvalue weighted by Gasteiger charge is -2.11. The van der Waals surface area contributed by atoms with E-state index in [4.69, 9.17) is 0 Å². The first-order valence-electron chi connectivity index (χ1n) is 3.37. The Morgan fingerprint density at radius 2 is 1.92 bits per heavy atom. The highest BCUT2D eigenvalue weighted by Gasteiger charge is 2.42. The first-order chi connectivity index (χ1) is 5.82. The maximum Gasteiger partial charge on any atom is 0.433 e. The Labute approximate surface area is 74.0 Å². The second kappa shape index (κ2) is 3.78. The number of nitro groups is 1. The lowest BCUT2D eigenvalue weighted by atomic mass is 10.3. The molecule has 13 heavy (non-hydrogen) atoms. The van der Waals surface area contributed by atoms with Crippen LogP contribution in [0.15, 0.2) is 5.11 Å². The molecule has 8 nitrogen and oxygen atoms in total. The van der Waals surface area contributed by atoms with Crippen LogP contribution in [0.5, 0.6) is 0 Å². The average molecular weight is 190 g/mol. The van der Waals surface area contributed by atoms with Crippen molar-refractivity contribution in [1.29, 1.82) is 0 Å². The number of rotatable bonds is 2. The van der Waals surface area contributed by atoms with Crippen LogP contribution in [0.1, 0.15) is 13.8 Å². The van der Waals surface area contributed by atoms with E-state index in [2.05, 4.69) is 5.11 Å². The van der Waals surface area contributed by atoms with Gasteiger partial charge in [0.25, 0.3) is 0 Å². The number of hydrogen-bond donors (Lipinski definition) is 1. The van der Waals surface area contributed by atoms with Gasteiger partial charge in [0.1, 0.15) is 0 Å². The standard InChI is InChI=1S/C5H10N4O4/c1-5(2,9(12)13)8(11)7-4(10)6-3/h1-3H3,(H,6,10). The number of amides is 2. The number of urea groups is 1. The zero-order valence-corrected chi connectivity index (χ0v) is 7.47. The highest BCUT2D eigenvalue weighted by molar-refractivity contribution is 5.73. The van der Waals surface area contributed by atoms with Gasteiger partial charge in [-0.15, -0.1) is 0 Å². The average Bonchev–Trinajstić information content (AvgIpc) is 2.03. The van der Waals surface area contributed by atoms with E-state index >= 15 is 0 Å². The molecular formula is C5H10N4O4. The minimum atomic E-state index is -1.94. The van der Waals surface area contributed by atoms with E-state index in [1.54, 1.807) is 0 Å². The van der Waals surface area contributed by atoms with Crippen LogP contribution in [0.2, 0.25) is 0 Å². The summed E-state index contributed by atoms with van der Waals surface area (Å²) < 4.78 is 0. The van der Waals surface area contributed by atoms with Gasteiger partial charge in [-0.1, -0.05) is 0 Å². The Hall–Kier alpha value is -1.73. The topological polar surface area (TPSA) is 111 Å². The molecule has 0 heterocycles.